The maximum atomic E-state index is 12.5. The average molecular weight is 332 g/mol. The summed E-state index contributed by atoms with van der Waals surface area (Å²) in [7, 11) is -3.56. The fourth-order valence-electron chi connectivity index (χ4n) is 2.12. The van der Waals surface area contributed by atoms with Gasteiger partial charge in [-0.25, -0.2) is 8.42 Å². The molecule has 21 heavy (non-hydrogen) atoms. The van der Waals surface area contributed by atoms with Gasteiger partial charge < -0.3 is 10.5 Å². The molecule has 2 rings (SSSR count). The SMILES string of the molecule is Cc1cc(S(=O)(=O)N2CCOC(CN)C2)ccc1C#N.Cl. The van der Waals surface area contributed by atoms with Gasteiger partial charge in [-0.15, -0.1) is 12.4 Å². The molecule has 0 bridgehead atoms. The van der Waals surface area contributed by atoms with Crippen LogP contribution in [0.15, 0.2) is 23.1 Å². The quantitative estimate of drug-likeness (QED) is 0.876. The summed E-state index contributed by atoms with van der Waals surface area (Å²) in [5, 5.41) is 8.89. The topological polar surface area (TPSA) is 96.4 Å². The van der Waals surface area contributed by atoms with Crippen LogP contribution in [0, 0.1) is 18.3 Å². The van der Waals surface area contributed by atoms with Crippen molar-refractivity contribution in [3.63, 3.8) is 0 Å². The number of rotatable bonds is 3. The Hall–Kier alpha value is -1.17. The van der Waals surface area contributed by atoms with Crippen LogP contribution in [0.2, 0.25) is 0 Å². The standard InChI is InChI=1S/C13H17N3O3S.ClH/c1-10-6-13(3-2-11(10)7-14)20(17,18)16-4-5-19-12(8-15)9-16;/h2-3,6,12H,4-5,8-9,15H2,1H3;1H. The second-order valence-electron chi connectivity index (χ2n) is 4.68. The summed E-state index contributed by atoms with van der Waals surface area (Å²) in [6.45, 7) is 2.93. The van der Waals surface area contributed by atoms with E-state index in [-0.39, 0.29) is 30.0 Å². The lowest BCUT2D eigenvalue weighted by Gasteiger charge is -2.31. The molecule has 1 aromatic rings. The Morgan fingerprint density at radius 3 is 2.81 bits per heavy atom. The molecule has 2 N–H and O–H groups in total. The van der Waals surface area contributed by atoms with E-state index in [1.807, 2.05) is 6.07 Å². The smallest absolute Gasteiger partial charge is 0.243 e. The highest BCUT2D eigenvalue weighted by Crippen LogP contribution is 2.21. The van der Waals surface area contributed by atoms with Gasteiger partial charge in [0.15, 0.2) is 0 Å². The number of halogens is 1. The molecule has 8 heteroatoms. The molecule has 1 fully saturated rings. The maximum Gasteiger partial charge on any atom is 0.243 e. The van der Waals surface area contributed by atoms with E-state index in [1.54, 1.807) is 6.92 Å². The minimum Gasteiger partial charge on any atom is -0.374 e. The molecule has 1 atom stereocenters. The van der Waals surface area contributed by atoms with Crippen LogP contribution in [-0.4, -0.2) is 45.1 Å². The number of ether oxygens (including phenoxy) is 1. The van der Waals surface area contributed by atoms with Crippen LogP contribution in [0.4, 0.5) is 0 Å². The minimum atomic E-state index is -3.56. The molecule has 1 aliphatic heterocycles. The van der Waals surface area contributed by atoms with Gasteiger partial charge >= 0.3 is 0 Å². The van der Waals surface area contributed by atoms with E-state index in [2.05, 4.69) is 0 Å². The van der Waals surface area contributed by atoms with Crippen LogP contribution >= 0.6 is 12.4 Å². The fraction of sp³-hybridized carbons (Fsp3) is 0.462. The summed E-state index contributed by atoms with van der Waals surface area (Å²) in [6, 6.07) is 6.55. The summed E-state index contributed by atoms with van der Waals surface area (Å²) in [6.07, 6.45) is -0.266. The van der Waals surface area contributed by atoms with Crippen LogP contribution in [0.25, 0.3) is 0 Å². The number of hydrogen-bond donors (Lipinski definition) is 1. The van der Waals surface area contributed by atoms with Crippen molar-refractivity contribution in [1.29, 1.82) is 5.26 Å². The van der Waals surface area contributed by atoms with Crippen molar-refractivity contribution < 1.29 is 13.2 Å². The van der Waals surface area contributed by atoms with Crippen molar-refractivity contribution in [2.45, 2.75) is 17.9 Å². The molecule has 1 aromatic carbocycles. The van der Waals surface area contributed by atoms with Crippen LogP contribution in [0.3, 0.4) is 0 Å². The number of sulfonamides is 1. The van der Waals surface area contributed by atoms with Crippen molar-refractivity contribution >= 4 is 22.4 Å². The van der Waals surface area contributed by atoms with Crippen LogP contribution in [0.1, 0.15) is 11.1 Å². The molecule has 116 valence electrons. The lowest BCUT2D eigenvalue weighted by Crippen LogP contribution is -2.48. The number of morpholine rings is 1. The Morgan fingerprint density at radius 2 is 2.24 bits per heavy atom. The highest BCUT2D eigenvalue weighted by atomic mass is 35.5. The van der Waals surface area contributed by atoms with Crippen molar-refractivity contribution in [3.8, 4) is 6.07 Å². The number of nitriles is 1. The Bertz CT molecular complexity index is 643. The van der Waals surface area contributed by atoms with E-state index < -0.39 is 10.0 Å². The lowest BCUT2D eigenvalue weighted by molar-refractivity contribution is 0.00450. The highest BCUT2D eigenvalue weighted by molar-refractivity contribution is 7.89. The number of benzene rings is 1. The second-order valence-corrected chi connectivity index (χ2v) is 6.62. The summed E-state index contributed by atoms with van der Waals surface area (Å²) < 4.78 is 31.9. The van der Waals surface area contributed by atoms with E-state index in [4.69, 9.17) is 15.7 Å². The van der Waals surface area contributed by atoms with E-state index in [0.29, 0.717) is 30.8 Å². The average Bonchev–Trinajstić information content (AvgIpc) is 2.47. The number of hydrogen-bond acceptors (Lipinski definition) is 5. The van der Waals surface area contributed by atoms with E-state index in [9.17, 15) is 8.42 Å². The molecule has 0 saturated carbocycles. The molecule has 0 spiro atoms. The van der Waals surface area contributed by atoms with Gasteiger partial charge in [0.2, 0.25) is 10.0 Å². The molecule has 0 aromatic heterocycles. The third kappa shape index (κ3) is 3.73. The summed E-state index contributed by atoms with van der Waals surface area (Å²) in [5.41, 5.74) is 6.65. The zero-order valence-corrected chi connectivity index (χ0v) is 13.3. The van der Waals surface area contributed by atoms with Crippen LogP contribution in [-0.2, 0) is 14.8 Å². The largest absolute Gasteiger partial charge is 0.374 e. The minimum absolute atomic E-state index is 0. The normalized spacial score (nSPS) is 19.6. The first-order chi connectivity index (χ1) is 9.48. The highest BCUT2D eigenvalue weighted by Gasteiger charge is 2.30. The predicted molar refractivity (Wildman–Crippen MR) is 80.7 cm³/mol. The Morgan fingerprint density at radius 1 is 1.52 bits per heavy atom. The van der Waals surface area contributed by atoms with E-state index in [0.717, 1.165) is 0 Å². The number of aryl methyl sites for hydroxylation is 1. The van der Waals surface area contributed by atoms with Gasteiger partial charge in [-0.3, -0.25) is 0 Å². The van der Waals surface area contributed by atoms with Crippen molar-refractivity contribution in [2.24, 2.45) is 5.73 Å². The van der Waals surface area contributed by atoms with E-state index in [1.165, 1.54) is 22.5 Å². The molecule has 0 amide bonds. The first-order valence-electron chi connectivity index (χ1n) is 6.31. The molecule has 1 heterocycles. The van der Waals surface area contributed by atoms with Gasteiger partial charge in [-0.2, -0.15) is 9.57 Å². The van der Waals surface area contributed by atoms with Crippen molar-refractivity contribution in [2.75, 3.05) is 26.2 Å². The second kappa shape index (κ2) is 7.20. The summed E-state index contributed by atoms with van der Waals surface area (Å²) in [4.78, 5) is 0.201. The first-order valence-corrected chi connectivity index (χ1v) is 7.75. The number of nitrogens with zero attached hydrogens (tertiary/aromatic N) is 2. The lowest BCUT2D eigenvalue weighted by atomic mass is 10.1. The van der Waals surface area contributed by atoms with Crippen LogP contribution in [0.5, 0.6) is 0 Å². The zero-order valence-electron chi connectivity index (χ0n) is 11.7. The maximum absolute atomic E-state index is 12.5. The molecule has 1 saturated heterocycles. The fourth-order valence-corrected chi connectivity index (χ4v) is 3.67. The first kappa shape index (κ1) is 17.9. The number of nitrogens with two attached hydrogens (primary N) is 1. The molecule has 0 radical (unpaired) electrons. The molecule has 1 aliphatic rings. The molecular formula is C13H18ClN3O3S. The monoisotopic (exact) mass is 331 g/mol. The van der Waals surface area contributed by atoms with Crippen molar-refractivity contribution in [1.82, 2.24) is 4.31 Å². The molecule has 1 unspecified atom stereocenters. The Kier molecular flexibility index (Phi) is 6.13. The molecule has 0 aliphatic carbocycles. The van der Waals surface area contributed by atoms with E-state index >= 15 is 0 Å². The van der Waals surface area contributed by atoms with Crippen LogP contribution < -0.4 is 5.73 Å². The molecular weight excluding hydrogens is 314 g/mol. The third-order valence-electron chi connectivity index (χ3n) is 3.32. The molecule has 6 nitrogen and oxygen atoms in total. The Labute approximate surface area is 130 Å². The third-order valence-corrected chi connectivity index (χ3v) is 5.18. The van der Waals surface area contributed by atoms with Gasteiger partial charge in [0, 0.05) is 19.6 Å². The van der Waals surface area contributed by atoms with Gasteiger partial charge in [-0.1, -0.05) is 0 Å². The van der Waals surface area contributed by atoms with Gasteiger partial charge in [0.05, 0.1) is 29.2 Å². The predicted octanol–water partition coefficient (Wildman–Crippen LogP) is 0.637. The van der Waals surface area contributed by atoms with Gasteiger partial charge in [0.1, 0.15) is 0 Å². The summed E-state index contributed by atoms with van der Waals surface area (Å²) >= 11 is 0. The Balaban J connectivity index is 0.00000220. The zero-order chi connectivity index (χ0) is 14.8. The summed E-state index contributed by atoms with van der Waals surface area (Å²) in [5.74, 6) is 0. The van der Waals surface area contributed by atoms with Gasteiger partial charge in [-0.05, 0) is 30.7 Å². The van der Waals surface area contributed by atoms with Gasteiger partial charge in [0.25, 0.3) is 0 Å². The van der Waals surface area contributed by atoms with Crippen molar-refractivity contribution in [3.05, 3.63) is 29.3 Å².